The lowest BCUT2D eigenvalue weighted by Gasteiger charge is -2.20. The van der Waals surface area contributed by atoms with E-state index in [2.05, 4.69) is 15.3 Å². The van der Waals surface area contributed by atoms with E-state index < -0.39 is 23.0 Å². The molecule has 0 bridgehead atoms. The quantitative estimate of drug-likeness (QED) is 0.894. The van der Waals surface area contributed by atoms with Gasteiger partial charge < -0.3 is 10.3 Å². The maximum Gasteiger partial charge on any atom is 0.346 e. The van der Waals surface area contributed by atoms with Gasteiger partial charge in [-0.1, -0.05) is 11.6 Å². The van der Waals surface area contributed by atoms with Gasteiger partial charge in [0.25, 0.3) is 5.91 Å². The number of halogens is 1. The third-order valence-corrected chi connectivity index (χ3v) is 2.88. The van der Waals surface area contributed by atoms with Crippen molar-refractivity contribution in [3.05, 3.63) is 51.8 Å². The van der Waals surface area contributed by atoms with Gasteiger partial charge in [0, 0.05) is 11.1 Å². The van der Waals surface area contributed by atoms with E-state index in [1.54, 1.807) is 12.1 Å². The molecular weight excluding hydrogens is 285 g/mol. The Morgan fingerprint density at radius 2 is 1.95 bits per heavy atom. The molecule has 0 radical (unpaired) electrons. The van der Waals surface area contributed by atoms with Crippen LogP contribution in [0, 0.1) is 12.7 Å². The molecule has 0 atom stereocenters. The number of benzene rings is 1. The Balaban J connectivity index is 2.49. The van der Waals surface area contributed by atoms with Crippen molar-refractivity contribution in [2.75, 3.05) is 0 Å². The molecular formula is C16H18FN3O2. The van der Waals surface area contributed by atoms with Crippen LogP contribution in [0.2, 0.25) is 0 Å². The lowest BCUT2D eigenvalue weighted by molar-refractivity contribution is 0.0914. The highest BCUT2D eigenvalue weighted by molar-refractivity contribution is 5.93. The Hall–Kier alpha value is -2.50. The Morgan fingerprint density at radius 1 is 1.27 bits per heavy atom. The third kappa shape index (κ3) is 3.78. The second-order valence-corrected chi connectivity index (χ2v) is 6.17. The molecule has 2 aromatic rings. The highest BCUT2D eigenvalue weighted by atomic mass is 19.1. The van der Waals surface area contributed by atoms with Gasteiger partial charge in [0.1, 0.15) is 11.5 Å². The van der Waals surface area contributed by atoms with E-state index in [1.807, 2.05) is 27.7 Å². The number of aryl methyl sites for hydroxylation is 1. The zero-order valence-electron chi connectivity index (χ0n) is 13.0. The maximum absolute atomic E-state index is 13.9. The Kier molecular flexibility index (Phi) is 4.12. The molecule has 2 N–H and O–H groups in total. The molecule has 1 aromatic heterocycles. The molecule has 0 unspecified atom stereocenters. The van der Waals surface area contributed by atoms with E-state index in [0.717, 1.165) is 5.56 Å². The van der Waals surface area contributed by atoms with Crippen LogP contribution in [-0.2, 0) is 0 Å². The van der Waals surface area contributed by atoms with Crippen LogP contribution >= 0.6 is 0 Å². The first kappa shape index (κ1) is 15.9. The summed E-state index contributed by atoms with van der Waals surface area (Å²) in [5.41, 5.74) is 0.0498. The standard InChI is InChI=1S/C16H18FN3O2/c1-9-5-6-11(17)10(7-9)12-8-13(19-15(22)18-12)14(21)20-16(2,3)4/h5-8H,1-4H3,(H,20,21)(H,18,19,22). The molecule has 0 aliphatic carbocycles. The van der Waals surface area contributed by atoms with Crippen LogP contribution in [0.3, 0.4) is 0 Å². The summed E-state index contributed by atoms with van der Waals surface area (Å²) in [5.74, 6) is -0.938. The average molecular weight is 303 g/mol. The zero-order chi connectivity index (χ0) is 16.5. The SMILES string of the molecule is Cc1ccc(F)c(-c2cc(C(=O)NC(C)(C)C)[nH]c(=O)n2)c1. The number of aromatic amines is 1. The van der Waals surface area contributed by atoms with Crippen LogP contribution in [0.4, 0.5) is 4.39 Å². The molecule has 2 rings (SSSR count). The lowest BCUT2D eigenvalue weighted by atomic mass is 10.1. The van der Waals surface area contributed by atoms with E-state index in [-0.39, 0.29) is 17.0 Å². The second-order valence-electron chi connectivity index (χ2n) is 6.17. The van der Waals surface area contributed by atoms with Crippen molar-refractivity contribution in [2.45, 2.75) is 33.2 Å². The highest BCUT2D eigenvalue weighted by Gasteiger charge is 2.18. The lowest BCUT2D eigenvalue weighted by Crippen LogP contribution is -2.41. The van der Waals surface area contributed by atoms with Crippen molar-refractivity contribution in [3.8, 4) is 11.3 Å². The third-order valence-electron chi connectivity index (χ3n) is 2.88. The van der Waals surface area contributed by atoms with Crippen LogP contribution in [0.25, 0.3) is 11.3 Å². The van der Waals surface area contributed by atoms with Crippen molar-refractivity contribution < 1.29 is 9.18 Å². The summed E-state index contributed by atoms with van der Waals surface area (Å²) in [6.07, 6.45) is 0. The highest BCUT2D eigenvalue weighted by Crippen LogP contribution is 2.21. The van der Waals surface area contributed by atoms with Crippen molar-refractivity contribution >= 4 is 5.91 Å². The topological polar surface area (TPSA) is 74.8 Å². The smallest absolute Gasteiger partial charge is 0.346 e. The number of hydrogen-bond donors (Lipinski definition) is 2. The van der Waals surface area contributed by atoms with Crippen LogP contribution in [0.1, 0.15) is 36.8 Å². The second kappa shape index (κ2) is 5.71. The molecule has 1 heterocycles. The molecule has 0 aliphatic rings. The number of hydrogen-bond acceptors (Lipinski definition) is 3. The summed E-state index contributed by atoms with van der Waals surface area (Å²) in [6, 6.07) is 5.89. The van der Waals surface area contributed by atoms with Gasteiger partial charge in [-0.25, -0.2) is 9.18 Å². The number of amides is 1. The molecule has 0 saturated heterocycles. The van der Waals surface area contributed by atoms with Crippen molar-refractivity contribution in [3.63, 3.8) is 0 Å². The van der Waals surface area contributed by atoms with Crippen LogP contribution < -0.4 is 11.0 Å². The Bertz CT molecular complexity index is 776. The minimum absolute atomic E-state index is 0.0471. The molecule has 6 heteroatoms. The molecule has 22 heavy (non-hydrogen) atoms. The summed E-state index contributed by atoms with van der Waals surface area (Å²) in [5, 5.41) is 2.74. The van der Waals surface area contributed by atoms with Crippen molar-refractivity contribution in [2.24, 2.45) is 0 Å². The summed E-state index contributed by atoms with van der Waals surface area (Å²) in [4.78, 5) is 30.0. The average Bonchev–Trinajstić information content (AvgIpc) is 2.39. The molecule has 0 aliphatic heterocycles. The van der Waals surface area contributed by atoms with E-state index in [4.69, 9.17) is 0 Å². The number of aromatic nitrogens is 2. The summed E-state index contributed by atoms with van der Waals surface area (Å²) in [7, 11) is 0. The fourth-order valence-electron chi connectivity index (χ4n) is 1.96. The minimum atomic E-state index is -0.697. The first-order valence-electron chi connectivity index (χ1n) is 6.86. The number of rotatable bonds is 2. The minimum Gasteiger partial charge on any atom is -0.346 e. The van der Waals surface area contributed by atoms with Gasteiger partial charge >= 0.3 is 5.69 Å². The molecule has 0 spiro atoms. The molecule has 0 saturated carbocycles. The molecule has 5 nitrogen and oxygen atoms in total. The van der Waals surface area contributed by atoms with Crippen molar-refractivity contribution in [1.29, 1.82) is 0 Å². The number of H-pyrrole nitrogens is 1. The monoisotopic (exact) mass is 303 g/mol. The Labute approximate surface area is 127 Å². The summed E-state index contributed by atoms with van der Waals surface area (Å²) >= 11 is 0. The van der Waals surface area contributed by atoms with Gasteiger partial charge in [0.05, 0.1) is 5.69 Å². The maximum atomic E-state index is 13.9. The molecule has 116 valence electrons. The summed E-state index contributed by atoms with van der Waals surface area (Å²) in [6.45, 7) is 7.28. The normalized spacial score (nSPS) is 11.3. The predicted molar refractivity (Wildman–Crippen MR) is 82.2 cm³/mol. The Morgan fingerprint density at radius 3 is 2.59 bits per heavy atom. The molecule has 1 aromatic carbocycles. The zero-order valence-corrected chi connectivity index (χ0v) is 13.0. The van der Waals surface area contributed by atoms with Crippen LogP contribution in [0.15, 0.2) is 29.1 Å². The largest absolute Gasteiger partial charge is 0.346 e. The first-order chi connectivity index (χ1) is 10.2. The fraction of sp³-hybridized carbons (Fsp3) is 0.312. The first-order valence-corrected chi connectivity index (χ1v) is 6.86. The number of nitrogens with zero attached hydrogens (tertiary/aromatic N) is 1. The van der Waals surface area contributed by atoms with E-state index in [9.17, 15) is 14.0 Å². The number of carbonyl (C=O) groups excluding carboxylic acids is 1. The summed E-state index contributed by atoms with van der Waals surface area (Å²) < 4.78 is 13.9. The fourth-order valence-corrected chi connectivity index (χ4v) is 1.96. The van der Waals surface area contributed by atoms with Gasteiger partial charge in [0.2, 0.25) is 0 Å². The molecule has 0 fully saturated rings. The van der Waals surface area contributed by atoms with E-state index >= 15 is 0 Å². The van der Waals surface area contributed by atoms with Gasteiger partial charge in [-0.2, -0.15) is 4.98 Å². The van der Waals surface area contributed by atoms with Gasteiger partial charge in [-0.15, -0.1) is 0 Å². The number of carbonyl (C=O) groups is 1. The van der Waals surface area contributed by atoms with Crippen LogP contribution in [0.5, 0.6) is 0 Å². The van der Waals surface area contributed by atoms with Gasteiger partial charge in [-0.3, -0.25) is 4.79 Å². The van der Waals surface area contributed by atoms with Gasteiger partial charge in [-0.05, 0) is 45.9 Å². The predicted octanol–water partition coefficient (Wildman–Crippen LogP) is 2.41. The molecule has 1 amide bonds. The number of nitrogens with one attached hydrogen (secondary N) is 2. The van der Waals surface area contributed by atoms with E-state index in [0.29, 0.717) is 0 Å². The van der Waals surface area contributed by atoms with E-state index in [1.165, 1.54) is 12.1 Å². The van der Waals surface area contributed by atoms with Crippen LogP contribution in [-0.4, -0.2) is 21.4 Å². The van der Waals surface area contributed by atoms with Crippen molar-refractivity contribution in [1.82, 2.24) is 15.3 Å². The van der Waals surface area contributed by atoms with Gasteiger partial charge in [0.15, 0.2) is 0 Å².